The minimum atomic E-state index is 0.519. The number of allylic oxidation sites excluding steroid dienone is 1. The van der Waals surface area contributed by atoms with Gasteiger partial charge in [0.1, 0.15) is 0 Å². The third kappa shape index (κ3) is 3.91. The van der Waals surface area contributed by atoms with Crippen LogP contribution in [0.15, 0.2) is 11.6 Å². The van der Waals surface area contributed by atoms with E-state index < -0.39 is 0 Å². The van der Waals surface area contributed by atoms with Crippen LogP contribution >= 0.6 is 0 Å². The normalized spacial score (nSPS) is 15.3. The number of rotatable bonds is 5. The van der Waals surface area contributed by atoms with E-state index in [0.29, 0.717) is 6.04 Å². The first-order valence-corrected chi connectivity index (χ1v) is 5.01. The molecule has 1 atom stereocenters. The summed E-state index contributed by atoms with van der Waals surface area (Å²) < 4.78 is 0. The zero-order valence-corrected chi connectivity index (χ0v) is 9.15. The van der Waals surface area contributed by atoms with Gasteiger partial charge < -0.3 is 5.32 Å². The lowest BCUT2D eigenvalue weighted by molar-refractivity contribution is 0.589. The Bertz CT molecular complexity index is 134. The molecule has 0 aromatic rings. The number of hydrogen-bond acceptors (Lipinski definition) is 1. The van der Waals surface area contributed by atoms with Crippen molar-refractivity contribution >= 4 is 0 Å². The molecule has 1 N–H and O–H groups in total. The van der Waals surface area contributed by atoms with Crippen LogP contribution in [0.3, 0.4) is 0 Å². The van der Waals surface area contributed by atoms with Crippen LogP contribution in [0.5, 0.6) is 0 Å². The van der Waals surface area contributed by atoms with Gasteiger partial charge in [-0.25, -0.2) is 0 Å². The van der Waals surface area contributed by atoms with Crippen LogP contribution in [0.2, 0.25) is 0 Å². The molecule has 0 aliphatic carbocycles. The van der Waals surface area contributed by atoms with E-state index in [1.54, 1.807) is 0 Å². The van der Waals surface area contributed by atoms with Crippen LogP contribution in [0.4, 0.5) is 0 Å². The fraction of sp³-hybridized carbons (Fsp3) is 0.818. The molecule has 0 aromatic carbocycles. The van der Waals surface area contributed by atoms with E-state index in [1.165, 1.54) is 18.4 Å². The van der Waals surface area contributed by atoms with Gasteiger partial charge >= 0.3 is 0 Å². The molecule has 0 amide bonds. The molecule has 0 aromatic heterocycles. The third-order valence-corrected chi connectivity index (χ3v) is 2.66. The summed E-state index contributed by atoms with van der Waals surface area (Å²) in [5.41, 5.74) is 1.46. The van der Waals surface area contributed by atoms with Crippen LogP contribution in [0.1, 0.15) is 40.5 Å². The van der Waals surface area contributed by atoms with Gasteiger partial charge in [0.15, 0.2) is 0 Å². The van der Waals surface area contributed by atoms with Crippen molar-refractivity contribution in [2.24, 2.45) is 5.92 Å². The molecule has 0 aliphatic heterocycles. The van der Waals surface area contributed by atoms with Crippen molar-refractivity contribution < 1.29 is 0 Å². The molecule has 1 heteroatoms. The highest BCUT2D eigenvalue weighted by Gasteiger charge is 2.03. The minimum absolute atomic E-state index is 0.519. The average Bonchev–Trinajstić information content (AvgIpc) is 2.12. The Hall–Kier alpha value is -0.300. The van der Waals surface area contributed by atoms with Crippen molar-refractivity contribution in [1.82, 2.24) is 5.32 Å². The Kier molecular flexibility index (Phi) is 6.09. The Morgan fingerprint density at radius 3 is 2.17 bits per heavy atom. The Labute approximate surface area is 77.2 Å². The van der Waals surface area contributed by atoms with Crippen molar-refractivity contribution in [3.05, 3.63) is 11.6 Å². The second-order valence-electron chi connectivity index (χ2n) is 3.50. The lowest BCUT2D eigenvalue weighted by atomic mass is 9.98. The highest BCUT2D eigenvalue weighted by molar-refractivity contribution is 5.07. The van der Waals surface area contributed by atoms with Gasteiger partial charge in [0.05, 0.1) is 0 Å². The summed E-state index contributed by atoms with van der Waals surface area (Å²) in [6.07, 6.45) is 4.91. The minimum Gasteiger partial charge on any atom is -0.314 e. The predicted octanol–water partition coefficient (Wildman–Crippen LogP) is 2.98. The standard InChI is InChI=1S/C11H23N/c1-6-11(7-2)8-9(3)10(4)12-5/h8,10-12H,6-7H2,1-5H3/b9-8-. The first-order chi connectivity index (χ1) is 5.65. The van der Waals surface area contributed by atoms with Crippen molar-refractivity contribution in [1.29, 1.82) is 0 Å². The molecule has 1 unspecified atom stereocenters. The molecule has 1 nitrogen and oxygen atoms in total. The van der Waals surface area contributed by atoms with Crippen LogP contribution < -0.4 is 5.32 Å². The largest absolute Gasteiger partial charge is 0.314 e. The zero-order valence-electron chi connectivity index (χ0n) is 9.15. The van der Waals surface area contributed by atoms with E-state index in [2.05, 4.69) is 39.1 Å². The smallest absolute Gasteiger partial charge is 0.0245 e. The molecule has 0 radical (unpaired) electrons. The van der Waals surface area contributed by atoms with Gasteiger partial charge in [-0.2, -0.15) is 0 Å². The molecule has 0 heterocycles. The third-order valence-electron chi connectivity index (χ3n) is 2.66. The van der Waals surface area contributed by atoms with Crippen molar-refractivity contribution in [2.45, 2.75) is 46.6 Å². The second-order valence-corrected chi connectivity index (χ2v) is 3.50. The predicted molar refractivity (Wildman–Crippen MR) is 56.4 cm³/mol. The van der Waals surface area contributed by atoms with Crippen LogP contribution in [0.25, 0.3) is 0 Å². The van der Waals surface area contributed by atoms with Crippen LogP contribution in [-0.4, -0.2) is 13.1 Å². The zero-order chi connectivity index (χ0) is 9.56. The van der Waals surface area contributed by atoms with Crippen molar-refractivity contribution in [3.8, 4) is 0 Å². The maximum Gasteiger partial charge on any atom is 0.0245 e. The first-order valence-electron chi connectivity index (χ1n) is 5.01. The quantitative estimate of drug-likeness (QED) is 0.624. The van der Waals surface area contributed by atoms with Gasteiger partial charge in [0.25, 0.3) is 0 Å². The molecule has 12 heavy (non-hydrogen) atoms. The van der Waals surface area contributed by atoms with Gasteiger partial charge in [0, 0.05) is 6.04 Å². The van der Waals surface area contributed by atoms with Crippen LogP contribution in [0, 0.1) is 5.92 Å². The molecular weight excluding hydrogens is 146 g/mol. The van der Waals surface area contributed by atoms with Crippen molar-refractivity contribution in [2.75, 3.05) is 7.05 Å². The van der Waals surface area contributed by atoms with E-state index in [4.69, 9.17) is 0 Å². The van der Waals surface area contributed by atoms with Gasteiger partial charge in [-0.15, -0.1) is 0 Å². The SMILES string of the molecule is CCC(/C=C(/C)C(C)NC)CC. The average molecular weight is 169 g/mol. The topological polar surface area (TPSA) is 12.0 Å². The summed E-state index contributed by atoms with van der Waals surface area (Å²) in [5.74, 6) is 0.765. The van der Waals surface area contributed by atoms with E-state index in [9.17, 15) is 0 Å². The summed E-state index contributed by atoms with van der Waals surface area (Å²) in [7, 11) is 2.01. The second kappa shape index (κ2) is 6.24. The van der Waals surface area contributed by atoms with Gasteiger partial charge in [-0.1, -0.05) is 25.5 Å². The molecule has 0 bridgehead atoms. The Morgan fingerprint density at radius 2 is 1.83 bits per heavy atom. The van der Waals surface area contributed by atoms with E-state index in [0.717, 1.165) is 5.92 Å². The lowest BCUT2D eigenvalue weighted by Gasteiger charge is -2.14. The summed E-state index contributed by atoms with van der Waals surface area (Å²) in [5, 5.41) is 3.25. The number of likely N-dealkylation sites (N-methyl/N-ethyl adjacent to an activating group) is 1. The molecule has 0 aliphatic rings. The number of hydrogen-bond donors (Lipinski definition) is 1. The summed E-state index contributed by atoms with van der Waals surface area (Å²) >= 11 is 0. The summed E-state index contributed by atoms with van der Waals surface area (Å²) in [4.78, 5) is 0. The molecule has 0 rings (SSSR count). The molecular formula is C11H23N. The van der Waals surface area contributed by atoms with Gasteiger partial charge in [0.2, 0.25) is 0 Å². The Balaban J connectivity index is 4.11. The molecule has 0 fully saturated rings. The fourth-order valence-corrected chi connectivity index (χ4v) is 1.27. The monoisotopic (exact) mass is 169 g/mol. The highest BCUT2D eigenvalue weighted by atomic mass is 14.9. The van der Waals surface area contributed by atoms with Crippen LogP contribution in [-0.2, 0) is 0 Å². The molecule has 0 saturated heterocycles. The summed E-state index contributed by atoms with van der Waals surface area (Å²) in [6.45, 7) is 8.91. The van der Waals surface area contributed by atoms with E-state index >= 15 is 0 Å². The lowest BCUT2D eigenvalue weighted by Crippen LogP contribution is -2.22. The maximum absolute atomic E-state index is 3.25. The molecule has 0 saturated carbocycles. The van der Waals surface area contributed by atoms with Crippen molar-refractivity contribution in [3.63, 3.8) is 0 Å². The van der Waals surface area contributed by atoms with Gasteiger partial charge in [-0.3, -0.25) is 0 Å². The van der Waals surface area contributed by atoms with E-state index in [1.807, 2.05) is 7.05 Å². The molecule has 0 spiro atoms. The highest BCUT2D eigenvalue weighted by Crippen LogP contribution is 2.13. The maximum atomic E-state index is 3.25. The first kappa shape index (κ1) is 11.7. The fourth-order valence-electron chi connectivity index (χ4n) is 1.27. The molecule has 72 valence electrons. The van der Waals surface area contributed by atoms with Gasteiger partial charge in [-0.05, 0) is 39.7 Å². The summed E-state index contributed by atoms with van der Waals surface area (Å²) in [6, 6.07) is 0.519. The number of nitrogens with one attached hydrogen (secondary N) is 1. The van der Waals surface area contributed by atoms with E-state index in [-0.39, 0.29) is 0 Å². The Morgan fingerprint density at radius 1 is 1.33 bits per heavy atom.